The highest BCUT2D eigenvalue weighted by Crippen LogP contribution is 2.26. The monoisotopic (exact) mass is 374 g/mol. The number of hydrogen-bond donors (Lipinski definition) is 0. The molecule has 0 nitrogen and oxygen atoms in total. The van der Waals surface area contributed by atoms with Crippen LogP contribution in [0.3, 0.4) is 0 Å². The van der Waals surface area contributed by atoms with Crippen molar-refractivity contribution >= 4 is 46.1 Å². The molecule has 0 bridgehead atoms. The summed E-state index contributed by atoms with van der Waals surface area (Å²) in [4.78, 5) is 0. The average molecular weight is 375 g/mol. The fourth-order valence-corrected chi connectivity index (χ4v) is 3.21. The van der Waals surface area contributed by atoms with Gasteiger partial charge in [0, 0.05) is 10.0 Å². The Kier molecular flexibility index (Phi) is 4.79. The summed E-state index contributed by atoms with van der Waals surface area (Å²) in [7, 11) is 0. The predicted molar refractivity (Wildman–Crippen MR) is 115 cm³/mol. The fraction of sp³-hybridized carbons (Fsp3) is 0. The van der Waals surface area contributed by atoms with Gasteiger partial charge in [0.1, 0.15) is 0 Å². The Morgan fingerprint density at radius 1 is 0.462 bits per heavy atom. The van der Waals surface area contributed by atoms with Crippen molar-refractivity contribution in [2.75, 3.05) is 0 Å². The van der Waals surface area contributed by atoms with Crippen LogP contribution in [-0.4, -0.2) is 0 Å². The van der Waals surface area contributed by atoms with Crippen molar-refractivity contribution in [3.63, 3.8) is 0 Å². The third-order valence-electron chi connectivity index (χ3n) is 4.38. The molecule has 0 fully saturated rings. The molecule has 2 heteroatoms. The van der Waals surface area contributed by atoms with E-state index >= 15 is 0 Å². The van der Waals surface area contributed by atoms with Crippen molar-refractivity contribution in [2.45, 2.75) is 0 Å². The first-order valence-electron chi connectivity index (χ1n) is 8.41. The minimum atomic E-state index is 0.754. The van der Waals surface area contributed by atoms with Gasteiger partial charge in [0.15, 0.2) is 0 Å². The number of rotatable bonds is 3. The normalized spacial score (nSPS) is 11.3. The van der Waals surface area contributed by atoms with Crippen molar-refractivity contribution in [1.29, 1.82) is 0 Å². The van der Waals surface area contributed by atoms with Crippen molar-refractivity contribution in [3.8, 4) is 11.1 Å². The Bertz CT molecular complexity index is 1080. The standard InChI is InChI=1S/C24H16Cl2/c25-23-11-4-17(5-12-23)1-2-18-3-6-22-16-21(8-7-20(22)15-18)19-9-13-24(26)14-10-19/h1-16H/b2-1+. The van der Waals surface area contributed by atoms with Crippen LogP contribution >= 0.6 is 23.2 Å². The van der Waals surface area contributed by atoms with Crippen LogP contribution in [0.4, 0.5) is 0 Å². The largest absolute Gasteiger partial charge is 0.0843 e. The van der Waals surface area contributed by atoms with Gasteiger partial charge >= 0.3 is 0 Å². The quantitative estimate of drug-likeness (QED) is 0.318. The van der Waals surface area contributed by atoms with Crippen LogP contribution in [0.2, 0.25) is 10.0 Å². The van der Waals surface area contributed by atoms with E-state index in [2.05, 4.69) is 48.6 Å². The summed E-state index contributed by atoms with van der Waals surface area (Å²) in [5.74, 6) is 0. The highest BCUT2D eigenvalue weighted by atomic mass is 35.5. The Morgan fingerprint density at radius 2 is 0.962 bits per heavy atom. The van der Waals surface area contributed by atoms with E-state index in [1.54, 1.807) is 0 Å². The highest BCUT2D eigenvalue weighted by Gasteiger charge is 2.01. The lowest BCUT2D eigenvalue weighted by molar-refractivity contribution is 1.63. The highest BCUT2D eigenvalue weighted by molar-refractivity contribution is 6.30. The van der Waals surface area contributed by atoms with Crippen LogP contribution in [-0.2, 0) is 0 Å². The summed E-state index contributed by atoms with van der Waals surface area (Å²) in [5, 5.41) is 3.96. The lowest BCUT2D eigenvalue weighted by Gasteiger charge is -2.05. The minimum Gasteiger partial charge on any atom is -0.0843 e. The van der Waals surface area contributed by atoms with Gasteiger partial charge < -0.3 is 0 Å². The first-order chi connectivity index (χ1) is 12.7. The molecule has 4 aromatic rings. The fourth-order valence-electron chi connectivity index (χ4n) is 2.96. The van der Waals surface area contributed by atoms with E-state index in [1.807, 2.05) is 48.5 Å². The number of halogens is 2. The van der Waals surface area contributed by atoms with Gasteiger partial charge in [-0.15, -0.1) is 0 Å². The van der Waals surface area contributed by atoms with Crippen LogP contribution in [0, 0.1) is 0 Å². The van der Waals surface area contributed by atoms with Gasteiger partial charge in [-0.2, -0.15) is 0 Å². The molecule has 4 aromatic carbocycles. The van der Waals surface area contributed by atoms with Gasteiger partial charge in [0.2, 0.25) is 0 Å². The zero-order valence-electron chi connectivity index (χ0n) is 14.0. The summed E-state index contributed by atoms with van der Waals surface area (Å²) in [6.45, 7) is 0. The van der Waals surface area contributed by atoms with E-state index in [0.717, 1.165) is 15.6 Å². The second-order valence-corrected chi connectivity index (χ2v) is 7.09. The second kappa shape index (κ2) is 7.37. The molecule has 0 radical (unpaired) electrons. The van der Waals surface area contributed by atoms with E-state index in [0.29, 0.717) is 0 Å². The van der Waals surface area contributed by atoms with E-state index in [1.165, 1.54) is 27.5 Å². The summed E-state index contributed by atoms with van der Waals surface area (Å²) < 4.78 is 0. The summed E-state index contributed by atoms with van der Waals surface area (Å²) >= 11 is 11.9. The molecule has 0 saturated carbocycles. The predicted octanol–water partition coefficient (Wildman–Crippen LogP) is 7.98. The van der Waals surface area contributed by atoms with E-state index in [4.69, 9.17) is 23.2 Å². The first kappa shape index (κ1) is 16.9. The molecule has 0 aliphatic heterocycles. The molecule has 0 heterocycles. The van der Waals surface area contributed by atoms with Gasteiger partial charge in [0.05, 0.1) is 0 Å². The zero-order chi connectivity index (χ0) is 17.9. The molecule has 0 spiro atoms. The van der Waals surface area contributed by atoms with E-state index in [-0.39, 0.29) is 0 Å². The van der Waals surface area contributed by atoms with Gasteiger partial charge in [-0.05, 0) is 69.4 Å². The summed E-state index contributed by atoms with van der Waals surface area (Å²) in [6.07, 6.45) is 4.22. The lowest BCUT2D eigenvalue weighted by atomic mass is 10.00. The van der Waals surface area contributed by atoms with Crippen LogP contribution in [0.1, 0.15) is 11.1 Å². The third-order valence-corrected chi connectivity index (χ3v) is 4.88. The number of fused-ring (bicyclic) bond motifs is 1. The maximum absolute atomic E-state index is 5.98. The Hall–Kier alpha value is -2.54. The Morgan fingerprint density at radius 3 is 1.69 bits per heavy atom. The van der Waals surface area contributed by atoms with Crippen LogP contribution in [0.25, 0.3) is 34.1 Å². The number of hydrogen-bond acceptors (Lipinski definition) is 0. The number of benzene rings is 4. The van der Waals surface area contributed by atoms with Gasteiger partial charge in [-0.1, -0.05) is 83.9 Å². The summed E-state index contributed by atoms with van der Waals surface area (Å²) in [6, 6.07) is 28.8. The molecule has 0 aliphatic rings. The molecule has 0 aliphatic carbocycles. The van der Waals surface area contributed by atoms with Gasteiger partial charge in [-0.3, -0.25) is 0 Å². The minimum absolute atomic E-state index is 0.754. The molecule has 0 atom stereocenters. The topological polar surface area (TPSA) is 0 Å². The molecule has 26 heavy (non-hydrogen) atoms. The Labute approximate surface area is 163 Å². The van der Waals surface area contributed by atoms with Crippen LogP contribution in [0.5, 0.6) is 0 Å². The lowest BCUT2D eigenvalue weighted by Crippen LogP contribution is -1.80. The molecular formula is C24H16Cl2. The van der Waals surface area contributed by atoms with Crippen molar-refractivity contribution in [2.24, 2.45) is 0 Å². The molecular weight excluding hydrogens is 359 g/mol. The van der Waals surface area contributed by atoms with E-state index < -0.39 is 0 Å². The van der Waals surface area contributed by atoms with Crippen molar-refractivity contribution in [1.82, 2.24) is 0 Å². The molecule has 4 rings (SSSR count). The van der Waals surface area contributed by atoms with Crippen LogP contribution in [0.15, 0.2) is 84.9 Å². The SMILES string of the molecule is Clc1ccc(/C=C/c2ccc3cc(-c4ccc(Cl)cc4)ccc3c2)cc1. The first-order valence-corrected chi connectivity index (χ1v) is 9.16. The molecule has 0 amide bonds. The van der Waals surface area contributed by atoms with Crippen molar-refractivity contribution < 1.29 is 0 Å². The molecule has 0 saturated heterocycles. The third kappa shape index (κ3) is 3.83. The molecule has 0 aromatic heterocycles. The maximum atomic E-state index is 5.98. The average Bonchev–Trinajstić information content (AvgIpc) is 2.67. The smallest absolute Gasteiger partial charge is 0.0406 e. The second-order valence-electron chi connectivity index (χ2n) is 6.21. The maximum Gasteiger partial charge on any atom is 0.0406 e. The van der Waals surface area contributed by atoms with E-state index in [9.17, 15) is 0 Å². The van der Waals surface area contributed by atoms with Gasteiger partial charge in [0.25, 0.3) is 0 Å². The van der Waals surface area contributed by atoms with Gasteiger partial charge in [-0.25, -0.2) is 0 Å². The molecule has 126 valence electrons. The van der Waals surface area contributed by atoms with Crippen LogP contribution < -0.4 is 0 Å². The molecule has 0 N–H and O–H groups in total. The zero-order valence-corrected chi connectivity index (χ0v) is 15.5. The Balaban J connectivity index is 1.62. The molecule has 0 unspecified atom stereocenters. The van der Waals surface area contributed by atoms with Crippen molar-refractivity contribution in [3.05, 3.63) is 106 Å². The summed E-state index contributed by atoms with van der Waals surface area (Å²) in [5.41, 5.74) is 4.67.